The summed E-state index contributed by atoms with van der Waals surface area (Å²) in [5.74, 6) is 0.782. The minimum Gasteiger partial charge on any atom is -0.364 e. The lowest BCUT2D eigenvalue weighted by Crippen LogP contribution is -2.08. The van der Waals surface area contributed by atoms with Crippen LogP contribution in [0.2, 0.25) is 0 Å². The van der Waals surface area contributed by atoms with Crippen LogP contribution in [-0.2, 0) is 11.5 Å². The van der Waals surface area contributed by atoms with Gasteiger partial charge in [0.15, 0.2) is 5.65 Å². The van der Waals surface area contributed by atoms with Gasteiger partial charge < -0.3 is 10.1 Å². The predicted octanol–water partition coefficient (Wildman–Crippen LogP) is 2.23. The maximum absolute atomic E-state index is 5.14. The van der Waals surface area contributed by atoms with Crippen molar-refractivity contribution in [3.05, 3.63) is 16.7 Å². The molecule has 16 heavy (non-hydrogen) atoms. The van der Waals surface area contributed by atoms with E-state index in [9.17, 15) is 0 Å². The summed E-state index contributed by atoms with van der Waals surface area (Å²) in [6, 6.07) is 1.94. The van der Waals surface area contributed by atoms with E-state index in [0.717, 1.165) is 28.1 Å². The van der Waals surface area contributed by atoms with E-state index in [1.807, 2.05) is 17.6 Å². The van der Waals surface area contributed by atoms with Crippen molar-refractivity contribution in [2.75, 3.05) is 19.0 Å². The molecule has 86 valence electrons. The highest BCUT2D eigenvalue weighted by Gasteiger charge is 2.10. The summed E-state index contributed by atoms with van der Waals surface area (Å²) in [6.45, 7) is 3.28. The zero-order chi connectivity index (χ0) is 11.5. The quantitative estimate of drug-likeness (QED) is 0.936. The van der Waals surface area contributed by atoms with Crippen molar-refractivity contribution < 1.29 is 4.74 Å². The van der Waals surface area contributed by atoms with E-state index in [1.165, 1.54) is 0 Å². The van der Waals surface area contributed by atoms with Crippen molar-refractivity contribution in [3.63, 3.8) is 0 Å². The van der Waals surface area contributed by atoms with E-state index in [-0.39, 0.29) is 0 Å². The molecule has 0 spiro atoms. The summed E-state index contributed by atoms with van der Waals surface area (Å²) in [5, 5.41) is 3.19. The first-order valence-electron chi connectivity index (χ1n) is 5.01. The van der Waals surface area contributed by atoms with Crippen molar-refractivity contribution >= 4 is 33.0 Å². The molecule has 0 aromatic carbocycles. The topological polar surface area (TPSA) is 52.0 Å². The average Bonchev–Trinajstić information content (AvgIpc) is 2.57. The standard InChI is InChI=1S/C10H13BrN4O/c1-3-12-10-14-8-4-7(11)5-13-9(8)15(10)6-16-2/h4-5H,3,6H2,1-2H3,(H,12,14). The number of methoxy groups -OCH3 is 1. The molecule has 2 heterocycles. The monoisotopic (exact) mass is 284 g/mol. The SMILES string of the molecule is CCNc1nc2cc(Br)cnc2n1COC. The van der Waals surface area contributed by atoms with Crippen LogP contribution in [0.15, 0.2) is 16.7 Å². The lowest BCUT2D eigenvalue weighted by atomic mass is 10.4. The highest BCUT2D eigenvalue weighted by Crippen LogP contribution is 2.20. The Morgan fingerprint density at radius 3 is 3.06 bits per heavy atom. The highest BCUT2D eigenvalue weighted by molar-refractivity contribution is 9.10. The van der Waals surface area contributed by atoms with Gasteiger partial charge in [-0.25, -0.2) is 9.97 Å². The Bertz CT molecular complexity index is 497. The molecule has 5 nitrogen and oxygen atoms in total. The van der Waals surface area contributed by atoms with Gasteiger partial charge in [0.2, 0.25) is 5.95 Å². The van der Waals surface area contributed by atoms with E-state index in [1.54, 1.807) is 13.3 Å². The van der Waals surface area contributed by atoms with Gasteiger partial charge in [-0.3, -0.25) is 4.57 Å². The molecule has 0 saturated heterocycles. The van der Waals surface area contributed by atoms with E-state index in [4.69, 9.17) is 4.74 Å². The van der Waals surface area contributed by atoms with Crippen molar-refractivity contribution in [3.8, 4) is 0 Å². The van der Waals surface area contributed by atoms with E-state index < -0.39 is 0 Å². The molecule has 2 aromatic rings. The number of pyridine rings is 1. The number of nitrogens with zero attached hydrogens (tertiary/aromatic N) is 3. The minimum atomic E-state index is 0.438. The second-order valence-electron chi connectivity index (χ2n) is 3.31. The van der Waals surface area contributed by atoms with E-state index in [2.05, 4.69) is 31.2 Å². The number of aromatic nitrogens is 3. The van der Waals surface area contributed by atoms with E-state index in [0.29, 0.717) is 6.73 Å². The van der Waals surface area contributed by atoms with Gasteiger partial charge in [-0.15, -0.1) is 0 Å². The van der Waals surface area contributed by atoms with Crippen LogP contribution in [0.5, 0.6) is 0 Å². The third-order valence-electron chi connectivity index (χ3n) is 2.14. The Morgan fingerprint density at radius 1 is 1.56 bits per heavy atom. The van der Waals surface area contributed by atoms with Crippen LogP contribution in [0.1, 0.15) is 6.92 Å². The number of nitrogens with one attached hydrogen (secondary N) is 1. The molecular formula is C10H13BrN4O. The lowest BCUT2D eigenvalue weighted by molar-refractivity contribution is 0.135. The Morgan fingerprint density at radius 2 is 2.38 bits per heavy atom. The number of hydrogen-bond donors (Lipinski definition) is 1. The molecule has 0 aliphatic heterocycles. The normalized spacial score (nSPS) is 10.9. The predicted molar refractivity (Wildman–Crippen MR) is 66.4 cm³/mol. The van der Waals surface area contributed by atoms with Gasteiger partial charge in [-0.1, -0.05) is 0 Å². The highest BCUT2D eigenvalue weighted by atomic mass is 79.9. The van der Waals surface area contributed by atoms with E-state index >= 15 is 0 Å². The maximum atomic E-state index is 5.14. The molecule has 0 atom stereocenters. The number of fused-ring (bicyclic) bond motifs is 1. The molecule has 0 aliphatic rings. The van der Waals surface area contributed by atoms with Gasteiger partial charge in [0, 0.05) is 24.3 Å². The van der Waals surface area contributed by atoms with Crippen molar-refractivity contribution in [2.45, 2.75) is 13.7 Å². The number of rotatable bonds is 4. The Kier molecular flexibility index (Phi) is 3.40. The molecule has 0 bridgehead atoms. The second kappa shape index (κ2) is 4.80. The number of halogens is 1. The number of ether oxygens (including phenoxy) is 1. The second-order valence-corrected chi connectivity index (χ2v) is 4.22. The molecule has 6 heteroatoms. The summed E-state index contributed by atoms with van der Waals surface area (Å²) < 4.78 is 7.97. The average molecular weight is 285 g/mol. The summed E-state index contributed by atoms with van der Waals surface area (Å²) in [5.41, 5.74) is 1.67. The molecule has 0 unspecified atom stereocenters. The third kappa shape index (κ3) is 2.03. The molecule has 0 radical (unpaired) electrons. The van der Waals surface area contributed by atoms with Crippen molar-refractivity contribution in [1.29, 1.82) is 0 Å². The molecule has 1 N–H and O–H groups in total. The van der Waals surface area contributed by atoms with Crippen LogP contribution in [0.3, 0.4) is 0 Å². The van der Waals surface area contributed by atoms with Gasteiger partial charge in [-0.2, -0.15) is 0 Å². The fourth-order valence-corrected chi connectivity index (χ4v) is 1.85. The van der Waals surface area contributed by atoms with Crippen molar-refractivity contribution in [2.24, 2.45) is 0 Å². The molecule has 0 fully saturated rings. The van der Waals surface area contributed by atoms with Gasteiger partial charge in [0.05, 0.1) is 0 Å². The zero-order valence-corrected chi connectivity index (χ0v) is 10.8. The fourth-order valence-electron chi connectivity index (χ4n) is 1.53. The zero-order valence-electron chi connectivity index (χ0n) is 9.20. The molecule has 2 aromatic heterocycles. The summed E-state index contributed by atoms with van der Waals surface area (Å²) in [6.07, 6.45) is 1.76. The summed E-state index contributed by atoms with van der Waals surface area (Å²) in [7, 11) is 1.65. The van der Waals surface area contributed by atoms with Crippen molar-refractivity contribution in [1.82, 2.24) is 14.5 Å². The minimum absolute atomic E-state index is 0.438. The van der Waals surface area contributed by atoms with Crippen LogP contribution >= 0.6 is 15.9 Å². The largest absolute Gasteiger partial charge is 0.364 e. The molecule has 2 rings (SSSR count). The van der Waals surface area contributed by atoms with Gasteiger partial charge in [-0.05, 0) is 28.9 Å². The smallest absolute Gasteiger partial charge is 0.207 e. The number of anilines is 1. The Hall–Kier alpha value is -1.14. The molecule has 0 saturated carbocycles. The molecule has 0 aliphatic carbocycles. The lowest BCUT2D eigenvalue weighted by Gasteiger charge is -2.07. The Labute approximate surface area is 102 Å². The molecular weight excluding hydrogens is 272 g/mol. The number of imidazole rings is 1. The molecule has 0 amide bonds. The van der Waals surface area contributed by atoms with Crippen LogP contribution < -0.4 is 5.32 Å². The first kappa shape index (κ1) is 11.3. The van der Waals surface area contributed by atoms with Crippen LogP contribution in [0.25, 0.3) is 11.2 Å². The maximum Gasteiger partial charge on any atom is 0.207 e. The first-order chi connectivity index (χ1) is 7.76. The van der Waals surface area contributed by atoms with Gasteiger partial charge in [0.25, 0.3) is 0 Å². The van der Waals surface area contributed by atoms with Crippen LogP contribution in [0, 0.1) is 0 Å². The first-order valence-corrected chi connectivity index (χ1v) is 5.80. The number of hydrogen-bond acceptors (Lipinski definition) is 4. The van der Waals surface area contributed by atoms with Gasteiger partial charge >= 0.3 is 0 Å². The summed E-state index contributed by atoms with van der Waals surface area (Å²) >= 11 is 3.38. The fraction of sp³-hybridized carbons (Fsp3) is 0.400. The third-order valence-corrected chi connectivity index (χ3v) is 2.58. The Balaban J connectivity index is 2.56. The van der Waals surface area contributed by atoms with Crippen LogP contribution in [-0.4, -0.2) is 28.2 Å². The summed E-state index contributed by atoms with van der Waals surface area (Å²) in [4.78, 5) is 8.80. The van der Waals surface area contributed by atoms with Crippen LogP contribution in [0.4, 0.5) is 5.95 Å². The van der Waals surface area contributed by atoms with Gasteiger partial charge in [0.1, 0.15) is 12.2 Å².